The van der Waals surface area contributed by atoms with Gasteiger partial charge in [-0.05, 0) is 40.5 Å². The smallest absolute Gasteiger partial charge is 0.341 e. The van der Waals surface area contributed by atoms with Gasteiger partial charge in [-0.2, -0.15) is 4.31 Å². The Hall–Kier alpha value is -1.87. The summed E-state index contributed by atoms with van der Waals surface area (Å²) in [6.07, 6.45) is 1.14. The molecule has 27 heavy (non-hydrogen) atoms. The molecule has 0 bridgehead atoms. The lowest BCUT2D eigenvalue weighted by atomic mass is 10.0. The second-order valence-corrected chi connectivity index (χ2v) is 8.48. The molecule has 1 atom stereocenters. The van der Waals surface area contributed by atoms with Crippen LogP contribution in [-0.4, -0.2) is 55.5 Å². The molecule has 0 aliphatic carbocycles. The Labute approximate surface area is 160 Å². The molecule has 1 aromatic heterocycles. The minimum absolute atomic E-state index is 0.0366. The van der Waals surface area contributed by atoms with Crippen LogP contribution >= 0.6 is 0 Å². The number of aromatic nitrogens is 1. The summed E-state index contributed by atoms with van der Waals surface area (Å²) in [5.41, 5.74) is 1.06. The van der Waals surface area contributed by atoms with Crippen LogP contribution in [0.15, 0.2) is 4.90 Å². The quantitative estimate of drug-likeness (QED) is 0.676. The van der Waals surface area contributed by atoms with Crippen molar-refractivity contribution in [3.63, 3.8) is 0 Å². The van der Waals surface area contributed by atoms with Gasteiger partial charge < -0.3 is 14.0 Å². The Balaban J connectivity index is 2.46. The molecule has 0 aromatic carbocycles. The number of sulfonamides is 1. The second-order valence-electron chi connectivity index (χ2n) is 6.61. The first-order valence-electron chi connectivity index (χ1n) is 9.16. The highest BCUT2D eigenvalue weighted by Crippen LogP contribution is 2.32. The molecular formula is C18H28N2O6S. The normalized spacial score (nSPS) is 18.3. The number of carbonyl (C=O) groups excluding carboxylic acids is 2. The minimum Gasteiger partial charge on any atom is -0.466 e. The number of carbonyl (C=O) groups is 2. The molecule has 0 radical (unpaired) electrons. The number of nitrogens with zero attached hydrogens (tertiary/aromatic N) is 2. The van der Waals surface area contributed by atoms with E-state index < -0.39 is 21.9 Å². The van der Waals surface area contributed by atoms with Crippen LogP contribution in [0.2, 0.25) is 0 Å². The topological polar surface area (TPSA) is 94.9 Å². The predicted octanol–water partition coefficient (Wildman–Crippen LogP) is 1.78. The maximum Gasteiger partial charge on any atom is 0.341 e. The van der Waals surface area contributed by atoms with Crippen molar-refractivity contribution in [3.8, 4) is 0 Å². The molecular weight excluding hydrogens is 372 g/mol. The van der Waals surface area contributed by atoms with Crippen molar-refractivity contribution in [2.45, 2.75) is 45.4 Å². The van der Waals surface area contributed by atoms with E-state index in [4.69, 9.17) is 9.47 Å². The van der Waals surface area contributed by atoms with Crippen molar-refractivity contribution < 1.29 is 27.5 Å². The summed E-state index contributed by atoms with van der Waals surface area (Å²) in [7, 11) is -2.25. The molecule has 152 valence electrons. The van der Waals surface area contributed by atoms with Crippen molar-refractivity contribution >= 4 is 22.0 Å². The van der Waals surface area contributed by atoms with E-state index in [1.165, 1.54) is 4.31 Å². The van der Waals surface area contributed by atoms with Gasteiger partial charge in [-0.25, -0.2) is 13.2 Å². The zero-order chi connectivity index (χ0) is 20.4. The van der Waals surface area contributed by atoms with Crippen LogP contribution in [0, 0.1) is 19.8 Å². The molecule has 2 heterocycles. The Morgan fingerprint density at radius 3 is 2.33 bits per heavy atom. The van der Waals surface area contributed by atoms with Gasteiger partial charge in [0.15, 0.2) is 0 Å². The molecule has 1 aliphatic rings. The van der Waals surface area contributed by atoms with E-state index >= 15 is 0 Å². The summed E-state index contributed by atoms with van der Waals surface area (Å²) >= 11 is 0. The maximum atomic E-state index is 13.4. The van der Waals surface area contributed by atoms with Crippen molar-refractivity contribution in [2.75, 3.05) is 26.3 Å². The summed E-state index contributed by atoms with van der Waals surface area (Å²) in [6, 6.07) is 0. The summed E-state index contributed by atoms with van der Waals surface area (Å²) in [4.78, 5) is 24.5. The number of rotatable bonds is 6. The van der Waals surface area contributed by atoms with Crippen LogP contribution in [-0.2, 0) is 31.3 Å². The van der Waals surface area contributed by atoms with Gasteiger partial charge in [0.05, 0.1) is 19.1 Å². The van der Waals surface area contributed by atoms with Crippen LogP contribution in [0.4, 0.5) is 0 Å². The first kappa shape index (κ1) is 21.4. The molecule has 8 nitrogen and oxygen atoms in total. The van der Waals surface area contributed by atoms with E-state index in [-0.39, 0.29) is 36.2 Å². The molecule has 0 spiro atoms. The lowest BCUT2D eigenvalue weighted by Crippen LogP contribution is -2.43. The van der Waals surface area contributed by atoms with Gasteiger partial charge in [0.2, 0.25) is 10.0 Å². The van der Waals surface area contributed by atoms with Crippen molar-refractivity contribution in [1.82, 2.24) is 8.87 Å². The number of hydrogen-bond acceptors (Lipinski definition) is 6. The van der Waals surface area contributed by atoms with Gasteiger partial charge >= 0.3 is 11.9 Å². The molecule has 1 fully saturated rings. The Bertz CT molecular complexity index is 827. The van der Waals surface area contributed by atoms with E-state index in [1.807, 2.05) is 0 Å². The van der Waals surface area contributed by atoms with E-state index in [9.17, 15) is 18.0 Å². The highest BCUT2D eigenvalue weighted by molar-refractivity contribution is 7.89. The zero-order valence-corrected chi connectivity index (χ0v) is 17.4. The molecule has 0 amide bonds. The third-order valence-electron chi connectivity index (χ3n) is 5.01. The molecule has 1 saturated heterocycles. The number of piperidine rings is 1. The first-order valence-corrected chi connectivity index (χ1v) is 10.6. The Morgan fingerprint density at radius 2 is 1.74 bits per heavy atom. The fourth-order valence-corrected chi connectivity index (χ4v) is 5.42. The summed E-state index contributed by atoms with van der Waals surface area (Å²) in [6.45, 7) is 7.51. The predicted molar refractivity (Wildman–Crippen MR) is 99.0 cm³/mol. The second kappa shape index (κ2) is 8.43. The van der Waals surface area contributed by atoms with Gasteiger partial charge in [0, 0.05) is 31.5 Å². The van der Waals surface area contributed by atoms with Gasteiger partial charge in [-0.1, -0.05) is 0 Å². The molecule has 1 aliphatic heterocycles. The number of hydrogen-bond donors (Lipinski definition) is 0. The molecule has 0 saturated carbocycles. The van der Waals surface area contributed by atoms with E-state index in [0.717, 1.165) is 0 Å². The van der Waals surface area contributed by atoms with Crippen molar-refractivity contribution in [3.05, 3.63) is 17.0 Å². The Kier molecular flexibility index (Phi) is 6.69. The van der Waals surface area contributed by atoms with Crippen molar-refractivity contribution in [1.29, 1.82) is 0 Å². The van der Waals surface area contributed by atoms with Crippen LogP contribution in [0.1, 0.15) is 48.4 Å². The molecule has 2 rings (SSSR count). The number of ether oxygens (including phenoxy) is 2. The van der Waals surface area contributed by atoms with Crippen LogP contribution in [0.5, 0.6) is 0 Å². The average Bonchev–Trinajstić information content (AvgIpc) is 2.87. The van der Waals surface area contributed by atoms with Gasteiger partial charge in [0.25, 0.3) is 0 Å². The fraction of sp³-hybridized carbons (Fsp3) is 0.667. The Morgan fingerprint density at radius 1 is 1.11 bits per heavy atom. The van der Waals surface area contributed by atoms with E-state index in [1.54, 1.807) is 39.3 Å². The summed E-state index contributed by atoms with van der Waals surface area (Å²) in [5, 5.41) is 0. The third kappa shape index (κ3) is 4.03. The highest BCUT2D eigenvalue weighted by atomic mass is 32.2. The standard InChI is InChI=1S/C18H28N2O6S/c1-6-25-17(21)14-9-8-10-20(11-14)27(23,24)16-13(4)19(5)12(3)15(16)18(22)26-7-2/h14H,6-11H2,1-5H3/t14-/m1/s1. The van der Waals surface area contributed by atoms with Gasteiger partial charge in [0.1, 0.15) is 10.5 Å². The fourth-order valence-electron chi connectivity index (χ4n) is 3.42. The molecule has 9 heteroatoms. The molecule has 1 aromatic rings. The SMILES string of the molecule is CCOC(=O)c1c(S(=O)(=O)N2CCC[C@@H](C(=O)OCC)C2)c(C)n(C)c1C. The zero-order valence-electron chi connectivity index (χ0n) is 16.6. The van der Waals surface area contributed by atoms with Crippen molar-refractivity contribution in [2.24, 2.45) is 13.0 Å². The van der Waals surface area contributed by atoms with Crippen LogP contribution in [0.25, 0.3) is 0 Å². The summed E-state index contributed by atoms with van der Waals surface area (Å²) < 4.78 is 39.8. The molecule has 0 N–H and O–H groups in total. The lowest BCUT2D eigenvalue weighted by molar-refractivity contribution is -0.149. The van der Waals surface area contributed by atoms with Crippen LogP contribution < -0.4 is 0 Å². The first-order chi connectivity index (χ1) is 12.7. The molecule has 0 unspecified atom stereocenters. The maximum absolute atomic E-state index is 13.4. The van der Waals surface area contributed by atoms with E-state index in [0.29, 0.717) is 30.8 Å². The van der Waals surface area contributed by atoms with Crippen LogP contribution in [0.3, 0.4) is 0 Å². The minimum atomic E-state index is -3.97. The van der Waals surface area contributed by atoms with E-state index in [2.05, 4.69) is 0 Å². The van der Waals surface area contributed by atoms with Gasteiger partial charge in [-0.15, -0.1) is 0 Å². The monoisotopic (exact) mass is 400 g/mol. The van der Waals surface area contributed by atoms with Gasteiger partial charge in [-0.3, -0.25) is 4.79 Å². The largest absolute Gasteiger partial charge is 0.466 e. The average molecular weight is 400 g/mol. The third-order valence-corrected chi connectivity index (χ3v) is 7.03. The lowest BCUT2D eigenvalue weighted by Gasteiger charge is -2.30. The summed E-state index contributed by atoms with van der Waals surface area (Å²) in [5.74, 6) is -1.54. The highest BCUT2D eigenvalue weighted by Gasteiger charge is 2.39. The number of esters is 2.